The highest BCUT2D eigenvalue weighted by Crippen LogP contribution is 2.20. The fraction of sp³-hybridized carbons (Fsp3) is 0.833. The van der Waals surface area contributed by atoms with Crippen LogP contribution in [0.2, 0.25) is 0 Å². The van der Waals surface area contributed by atoms with Crippen LogP contribution >= 0.6 is 0 Å². The second-order valence-electron chi connectivity index (χ2n) is 4.54. The lowest BCUT2D eigenvalue weighted by Gasteiger charge is -2.32. The minimum Gasteiger partial charge on any atom is -0.467 e. The molecule has 5 nitrogen and oxygen atoms in total. The summed E-state index contributed by atoms with van der Waals surface area (Å²) < 4.78 is 4.74. The van der Waals surface area contributed by atoms with Gasteiger partial charge in [0.15, 0.2) is 0 Å². The van der Waals surface area contributed by atoms with Crippen molar-refractivity contribution in [1.82, 2.24) is 9.80 Å². The Morgan fingerprint density at radius 2 is 2.12 bits per heavy atom. The van der Waals surface area contributed by atoms with Crippen LogP contribution in [0.4, 0.5) is 4.79 Å². The molecule has 0 spiro atoms. The van der Waals surface area contributed by atoms with E-state index in [1.54, 1.807) is 9.80 Å². The number of urea groups is 1. The van der Waals surface area contributed by atoms with Gasteiger partial charge in [-0.2, -0.15) is 0 Å². The standard InChI is InChI=1S/C12H22N2O3/c1-5-13(9(2)3)12(16)14-8-6-7-10(14)11(15)17-4/h9-10H,5-8H2,1-4H3. The molecule has 0 aromatic rings. The van der Waals surface area contributed by atoms with Gasteiger partial charge in [0.1, 0.15) is 6.04 Å². The van der Waals surface area contributed by atoms with Crippen LogP contribution in [-0.2, 0) is 9.53 Å². The van der Waals surface area contributed by atoms with Gasteiger partial charge >= 0.3 is 12.0 Å². The first-order chi connectivity index (χ1) is 8.02. The molecule has 0 aliphatic carbocycles. The van der Waals surface area contributed by atoms with E-state index in [0.29, 0.717) is 19.5 Å². The van der Waals surface area contributed by atoms with E-state index < -0.39 is 6.04 Å². The molecule has 98 valence electrons. The van der Waals surface area contributed by atoms with Crippen LogP contribution in [0, 0.1) is 0 Å². The number of ether oxygens (including phenoxy) is 1. The van der Waals surface area contributed by atoms with Crippen LogP contribution in [0.5, 0.6) is 0 Å². The van der Waals surface area contributed by atoms with Crippen LogP contribution in [0.15, 0.2) is 0 Å². The molecule has 2 amide bonds. The van der Waals surface area contributed by atoms with Crippen molar-refractivity contribution >= 4 is 12.0 Å². The number of hydrogen-bond acceptors (Lipinski definition) is 3. The van der Waals surface area contributed by atoms with Crippen LogP contribution in [0.25, 0.3) is 0 Å². The van der Waals surface area contributed by atoms with Gasteiger partial charge in [0, 0.05) is 19.1 Å². The van der Waals surface area contributed by atoms with Gasteiger partial charge in [-0.3, -0.25) is 0 Å². The first-order valence-electron chi connectivity index (χ1n) is 6.18. The lowest BCUT2D eigenvalue weighted by atomic mass is 10.2. The molecular weight excluding hydrogens is 220 g/mol. The molecule has 1 heterocycles. The Bertz CT molecular complexity index is 291. The van der Waals surface area contributed by atoms with Crippen molar-refractivity contribution in [3.8, 4) is 0 Å². The maximum Gasteiger partial charge on any atom is 0.328 e. The number of hydrogen-bond donors (Lipinski definition) is 0. The summed E-state index contributed by atoms with van der Waals surface area (Å²) >= 11 is 0. The third-order valence-electron chi connectivity index (χ3n) is 3.18. The highest BCUT2D eigenvalue weighted by molar-refractivity contribution is 5.84. The fourth-order valence-electron chi connectivity index (χ4n) is 2.26. The molecule has 0 radical (unpaired) electrons. The van der Waals surface area contributed by atoms with E-state index >= 15 is 0 Å². The van der Waals surface area contributed by atoms with Gasteiger partial charge in [-0.15, -0.1) is 0 Å². The smallest absolute Gasteiger partial charge is 0.328 e. The number of esters is 1. The van der Waals surface area contributed by atoms with Crippen molar-refractivity contribution < 1.29 is 14.3 Å². The third kappa shape index (κ3) is 2.90. The maximum absolute atomic E-state index is 12.3. The number of carbonyl (C=O) groups is 2. The van der Waals surface area contributed by atoms with Gasteiger partial charge in [-0.25, -0.2) is 9.59 Å². The van der Waals surface area contributed by atoms with Crippen molar-refractivity contribution in [2.45, 2.75) is 45.7 Å². The molecule has 0 N–H and O–H groups in total. The predicted octanol–water partition coefficient (Wildman–Crippen LogP) is 1.47. The molecule has 1 aliphatic rings. The number of likely N-dealkylation sites (tertiary alicyclic amines) is 1. The van der Waals surface area contributed by atoms with E-state index in [1.807, 2.05) is 20.8 Å². The van der Waals surface area contributed by atoms with Crippen LogP contribution in [0.3, 0.4) is 0 Å². The Hall–Kier alpha value is -1.26. The van der Waals surface area contributed by atoms with Gasteiger partial charge in [0.25, 0.3) is 0 Å². The molecule has 1 atom stereocenters. The first-order valence-corrected chi connectivity index (χ1v) is 6.18. The summed E-state index contributed by atoms with van der Waals surface area (Å²) in [5.74, 6) is -0.310. The number of rotatable bonds is 3. The lowest BCUT2D eigenvalue weighted by Crippen LogP contribution is -2.50. The van der Waals surface area contributed by atoms with Crippen molar-refractivity contribution in [2.75, 3.05) is 20.2 Å². The maximum atomic E-state index is 12.3. The van der Waals surface area contributed by atoms with Gasteiger partial charge in [0.05, 0.1) is 7.11 Å². The summed E-state index contributed by atoms with van der Waals surface area (Å²) in [7, 11) is 1.36. The molecule has 0 aromatic heterocycles. The molecular formula is C12H22N2O3. The molecule has 0 bridgehead atoms. The molecule has 0 saturated carbocycles. The molecule has 1 rings (SSSR count). The Morgan fingerprint density at radius 1 is 1.47 bits per heavy atom. The van der Waals surface area contributed by atoms with Crippen molar-refractivity contribution in [3.05, 3.63) is 0 Å². The zero-order valence-corrected chi connectivity index (χ0v) is 11.1. The average Bonchev–Trinajstić information content (AvgIpc) is 2.77. The molecule has 17 heavy (non-hydrogen) atoms. The topological polar surface area (TPSA) is 49.9 Å². The zero-order valence-electron chi connectivity index (χ0n) is 11.1. The van der Waals surface area contributed by atoms with Crippen LogP contribution in [-0.4, -0.2) is 54.1 Å². The van der Waals surface area contributed by atoms with Crippen molar-refractivity contribution in [2.24, 2.45) is 0 Å². The normalized spacial score (nSPS) is 19.6. The predicted molar refractivity (Wildman–Crippen MR) is 64.7 cm³/mol. The monoisotopic (exact) mass is 242 g/mol. The van der Waals surface area contributed by atoms with Crippen LogP contribution < -0.4 is 0 Å². The first kappa shape index (κ1) is 13.8. The molecule has 1 aliphatic heterocycles. The summed E-state index contributed by atoms with van der Waals surface area (Å²) in [5.41, 5.74) is 0. The summed E-state index contributed by atoms with van der Waals surface area (Å²) in [6.45, 7) is 7.19. The van der Waals surface area contributed by atoms with E-state index in [2.05, 4.69) is 0 Å². The zero-order chi connectivity index (χ0) is 13.0. The second-order valence-corrected chi connectivity index (χ2v) is 4.54. The van der Waals surface area contributed by atoms with Gasteiger partial charge in [-0.05, 0) is 33.6 Å². The summed E-state index contributed by atoms with van der Waals surface area (Å²) in [6.07, 6.45) is 1.56. The quantitative estimate of drug-likeness (QED) is 0.704. The van der Waals surface area contributed by atoms with Crippen LogP contribution in [0.1, 0.15) is 33.6 Å². The minimum atomic E-state index is -0.403. The second kappa shape index (κ2) is 5.89. The summed E-state index contributed by atoms with van der Waals surface area (Å²) in [6, 6.07) is -0.318. The van der Waals surface area contributed by atoms with Gasteiger partial charge in [0.2, 0.25) is 0 Å². The number of methoxy groups -OCH3 is 1. The Labute approximate surface area is 103 Å². The largest absolute Gasteiger partial charge is 0.467 e. The Morgan fingerprint density at radius 3 is 2.59 bits per heavy atom. The third-order valence-corrected chi connectivity index (χ3v) is 3.18. The van der Waals surface area contributed by atoms with E-state index in [9.17, 15) is 9.59 Å². The molecule has 5 heteroatoms. The van der Waals surface area contributed by atoms with Crippen molar-refractivity contribution in [1.29, 1.82) is 0 Å². The number of nitrogens with zero attached hydrogens (tertiary/aromatic N) is 2. The summed E-state index contributed by atoms with van der Waals surface area (Å²) in [4.78, 5) is 27.3. The Balaban J connectivity index is 2.76. The lowest BCUT2D eigenvalue weighted by molar-refractivity contribution is -0.145. The number of amides is 2. The van der Waals surface area contributed by atoms with E-state index in [0.717, 1.165) is 6.42 Å². The Kier molecular flexibility index (Phi) is 4.78. The number of carbonyl (C=O) groups excluding carboxylic acids is 2. The molecule has 0 aromatic carbocycles. The highest BCUT2D eigenvalue weighted by Gasteiger charge is 2.37. The average molecular weight is 242 g/mol. The van der Waals surface area contributed by atoms with Gasteiger partial charge < -0.3 is 14.5 Å². The van der Waals surface area contributed by atoms with Crippen molar-refractivity contribution in [3.63, 3.8) is 0 Å². The molecule has 1 fully saturated rings. The highest BCUT2D eigenvalue weighted by atomic mass is 16.5. The van der Waals surface area contributed by atoms with E-state index in [1.165, 1.54) is 7.11 Å². The van der Waals surface area contributed by atoms with Gasteiger partial charge in [-0.1, -0.05) is 0 Å². The minimum absolute atomic E-state index is 0.0598. The van der Waals surface area contributed by atoms with E-state index in [-0.39, 0.29) is 18.0 Å². The SMILES string of the molecule is CCN(C(=O)N1CCCC1C(=O)OC)C(C)C. The summed E-state index contributed by atoms with van der Waals surface area (Å²) in [5, 5.41) is 0. The fourth-order valence-corrected chi connectivity index (χ4v) is 2.26. The van der Waals surface area contributed by atoms with E-state index in [4.69, 9.17) is 4.74 Å². The molecule has 1 saturated heterocycles. The molecule has 1 unspecified atom stereocenters.